The molecule has 0 spiro atoms. The standard InChI is InChI=1S/C25H34N4O7S/c1-6-7-14-26-25(31)19(3)27(16-20-11-9-8-10-18(20)2)24(30)17-28(37(5,34)35)22-15-21(29(32)33)12-13-23(22)36-4/h8-13,15,19H,6-7,14,16-17H2,1-5H3,(H,26,31)/t19-/m1/s1. The van der Waals surface area contributed by atoms with Gasteiger partial charge in [-0.2, -0.15) is 0 Å². The van der Waals surface area contributed by atoms with Crippen molar-refractivity contribution in [3.63, 3.8) is 0 Å². The number of nitro benzene ring substituents is 1. The molecule has 0 unspecified atom stereocenters. The van der Waals surface area contributed by atoms with Crippen LogP contribution in [0.5, 0.6) is 5.75 Å². The van der Waals surface area contributed by atoms with Crippen LogP contribution in [0.4, 0.5) is 11.4 Å². The lowest BCUT2D eigenvalue weighted by molar-refractivity contribution is -0.384. The van der Waals surface area contributed by atoms with Crippen LogP contribution in [0.1, 0.15) is 37.8 Å². The first-order chi connectivity index (χ1) is 17.4. The van der Waals surface area contributed by atoms with Crippen molar-refractivity contribution in [2.24, 2.45) is 0 Å². The molecule has 0 aliphatic heterocycles. The fourth-order valence-electron chi connectivity index (χ4n) is 3.67. The van der Waals surface area contributed by atoms with Crippen LogP contribution in [0.2, 0.25) is 0 Å². The Labute approximate surface area is 217 Å². The van der Waals surface area contributed by atoms with E-state index in [9.17, 15) is 28.1 Å². The molecule has 37 heavy (non-hydrogen) atoms. The summed E-state index contributed by atoms with van der Waals surface area (Å²) in [4.78, 5) is 38.5. The molecule has 0 saturated carbocycles. The molecule has 2 aromatic rings. The Kier molecular flexibility index (Phi) is 10.4. The van der Waals surface area contributed by atoms with Gasteiger partial charge in [0.1, 0.15) is 24.0 Å². The summed E-state index contributed by atoms with van der Waals surface area (Å²) in [6.45, 7) is 5.28. The molecule has 0 fully saturated rings. The third-order valence-corrected chi connectivity index (χ3v) is 7.05. The normalized spacial score (nSPS) is 11.9. The number of carbonyl (C=O) groups excluding carboxylic acids is 2. The molecule has 0 aliphatic carbocycles. The molecule has 2 amide bonds. The average molecular weight is 535 g/mol. The highest BCUT2D eigenvalue weighted by Gasteiger charge is 2.32. The SMILES string of the molecule is CCCCNC(=O)[C@@H](C)N(Cc1ccccc1C)C(=O)CN(c1cc([N+](=O)[O-])ccc1OC)S(C)(=O)=O. The van der Waals surface area contributed by atoms with Gasteiger partial charge in [0.15, 0.2) is 0 Å². The summed E-state index contributed by atoms with van der Waals surface area (Å²) in [5.41, 5.74) is 1.18. The molecule has 11 nitrogen and oxygen atoms in total. The van der Waals surface area contributed by atoms with E-state index in [2.05, 4.69) is 5.32 Å². The second-order valence-corrected chi connectivity index (χ2v) is 10.6. The van der Waals surface area contributed by atoms with Gasteiger partial charge in [0.05, 0.1) is 18.3 Å². The van der Waals surface area contributed by atoms with Crippen LogP contribution >= 0.6 is 0 Å². The first kappa shape index (κ1) is 29.6. The first-order valence-corrected chi connectivity index (χ1v) is 13.7. The number of benzene rings is 2. The lowest BCUT2D eigenvalue weighted by Crippen LogP contribution is -2.51. The number of methoxy groups -OCH3 is 1. The summed E-state index contributed by atoms with van der Waals surface area (Å²) >= 11 is 0. The van der Waals surface area contributed by atoms with Gasteiger partial charge in [0.2, 0.25) is 21.8 Å². The van der Waals surface area contributed by atoms with E-state index in [1.807, 2.05) is 38.1 Å². The Hall–Kier alpha value is -3.67. The number of hydrogen-bond donors (Lipinski definition) is 1. The van der Waals surface area contributed by atoms with Crippen LogP contribution in [0.25, 0.3) is 0 Å². The van der Waals surface area contributed by atoms with E-state index in [1.54, 1.807) is 6.92 Å². The Balaban J connectivity index is 2.49. The number of hydrogen-bond acceptors (Lipinski definition) is 7. The van der Waals surface area contributed by atoms with E-state index in [4.69, 9.17) is 4.74 Å². The zero-order valence-electron chi connectivity index (χ0n) is 21.8. The second-order valence-electron chi connectivity index (χ2n) is 8.65. The fourth-order valence-corrected chi connectivity index (χ4v) is 4.52. The molecule has 0 saturated heterocycles. The molecule has 0 aromatic heterocycles. The number of nitro groups is 1. The van der Waals surface area contributed by atoms with E-state index in [0.29, 0.717) is 6.54 Å². The third-order valence-electron chi connectivity index (χ3n) is 5.92. The third kappa shape index (κ3) is 7.91. The number of non-ortho nitro benzene ring substituents is 1. The predicted octanol–water partition coefficient (Wildman–Crippen LogP) is 3.01. The molecule has 0 radical (unpaired) electrons. The maximum atomic E-state index is 13.6. The van der Waals surface area contributed by atoms with Crippen molar-refractivity contribution in [2.75, 3.05) is 30.8 Å². The summed E-state index contributed by atoms with van der Waals surface area (Å²) < 4.78 is 31.6. The van der Waals surface area contributed by atoms with Crippen molar-refractivity contribution in [2.45, 2.75) is 46.2 Å². The minimum Gasteiger partial charge on any atom is -0.495 e. The van der Waals surface area contributed by atoms with Crippen molar-refractivity contribution in [1.29, 1.82) is 0 Å². The van der Waals surface area contributed by atoms with E-state index < -0.39 is 33.4 Å². The van der Waals surface area contributed by atoms with Gasteiger partial charge in [0.25, 0.3) is 5.69 Å². The van der Waals surface area contributed by atoms with Gasteiger partial charge in [-0.3, -0.25) is 24.0 Å². The monoisotopic (exact) mass is 534 g/mol. The van der Waals surface area contributed by atoms with E-state index in [0.717, 1.165) is 40.6 Å². The zero-order valence-corrected chi connectivity index (χ0v) is 22.6. The summed E-state index contributed by atoms with van der Waals surface area (Å²) in [5.74, 6) is -0.978. The highest BCUT2D eigenvalue weighted by molar-refractivity contribution is 7.92. The Morgan fingerprint density at radius 2 is 1.86 bits per heavy atom. The number of nitrogens with one attached hydrogen (secondary N) is 1. The minimum absolute atomic E-state index is 0.0413. The molecule has 12 heteroatoms. The van der Waals surface area contributed by atoms with Crippen LogP contribution < -0.4 is 14.4 Å². The van der Waals surface area contributed by atoms with Crippen LogP contribution in [0, 0.1) is 17.0 Å². The van der Waals surface area contributed by atoms with Crippen LogP contribution in [-0.2, 0) is 26.2 Å². The number of nitrogens with zero attached hydrogens (tertiary/aromatic N) is 3. The van der Waals surface area contributed by atoms with Crippen molar-refractivity contribution >= 4 is 33.2 Å². The first-order valence-electron chi connectivity index (χ1n) is 11.8. The van der Waals surface area contributed by atoms with E-state index in [-0.39, 0.29) is 29.6 Å². The molecule has 2 aromatic carbocycles. The quantitative estimate of drug-likeness (QED) is 0.237. The Morgan fingerprint density at radius 1 is 1.19 bits per heavy atom. The number of aryl methyl sites for hydroxylation is 1. The average Bonchev–Trinajstić information content (AvgIpc) is 2.85. The fraction of sp³-hybridized carbons (Fsp3) is 0.440. The molecule has 1 N–H and O–H groups in total. The summed E-state index contributed by atoms with van der Waals surface area (Å²) in [5, 5.41) is 14.2. The highest BCUT2D eigenvalue weighted by Crippen LogP contribution is 2.34. The van der Waals surface area contributed by atoms with Crippen LogP contribution in [0.3, 0.4) is 0 Å². The molecular formula is C25H34N4O7S. The number of sulfonamides is 1. The van der Waals surface area contributed by atoms with Crippen molar-refractivity contribution in [3.8, 4) is 5.75 Å². The summed E-state index contributed by atoms with van der Waals surface area (Å²) in [6.07, 6.45) is 2.55. The van der Waals surface area contributed by atoms with Gasteiger partial charge in [-0.05, 0) is 37.5 Å². The molecule has 1 atom stereocenters. The highest BCUT2D eigenvalue weighted by atomic mass is 32.2. The van der Waals surface area contributed by atoms with Crippen LogP contribution in [-0.4, -0.2) is 62.6 Å². The van der Waals surface area contributed by atoms with Crippen molar-refractivity contribution in [3.05, 3.63) is 63.7 Å². The van der Waals surface area contributed by atoms with Gasteiger partial charge in [0, 0.05) is 25.2 Å². The van der Waals surface area contributed by atoms with Gasteiger partial charge in [-0.1, -0.05) is 37.6 Å². The molecule has 202 valence electrons. The predicted molar refractivity (Wildman–Crippen MR) is 141 cm³/mol. The number of unbranched alkanes of at least 4 members (excludes halogenated alkanes) is 1. The molecule has 0 bridgehead atoms. The molecule has 0 aliphatic rings. The lowest BCUT2D eigenvalue weighted by Gasteiger charge is -2.32. The van der Waals surface area contributed by atoms with Crippen molar-refractivity contribution in [1.82, 2.24) is 10.2 Å². The maximum absolute atomic E-state index is 13.6. The zero-order chi connectivity index (χ0) is 27.8. The Morgan fingerprint density at radius 3 is 2.43 bits per heavy atom. The number of amides is 2. The van der Waals surface area contributed by atoms with Gasteiger partial charge in [-0.25, -0.2) is 8.42 Å². The number of rotatable bonds is 13. The molecule has 2 rings (SSSR count). The van der Waals surface area contributed by atoms with E-state index in [1.165, 1.54) is 24.1 Å². The molecule has 0 heterocycles. The number of carbonyl (C=O) groups is 2. The molecular weight excluding hydrogens is 500 g/mol. The summed E-state index contributed by atoms with van der Waals surface area (Å²) in [7, 11) is -2.79. The van der Waals surface area contributed by atoms with Gasteiger partial charge >= 0.3 is 0 Å². The second kappa shape index (κ2) is 13.0. The smallest absolute Gasteiger partial charge is 0.271 e. The van der Waals surface area contributed by atoms with Gasteiger partial charge in [-0.15, -0.1) is 0 Å². The van der Waals surface area contributed by atoms with Gasteiger partial charge < -0.3 is 15.0 Å². The Bertz CT molecular complexity index is 1230. The topological polar surface area (TPSA) is 139 Å². The lowest BCUT2D eigenvalue weighted by atomic mass is 10.1. The van der Waals surface area contributed by atoms with Crippen molar-refractivity contribution < 1.29 is 27.7 Å². The number of anilines is 1. The van der Waals surface area contributed by atoms with Crippen LogP contribution in [0.15, 0.2) is 42.5 Å². The summed E-state index contributed by atoms with van der Waals surface area (Å²) in [6, 6.07) is 9.95. The number of ether oxygens (including phenoxy) is 1. The largest absolute Gasteiger partial charge is 0.495 e. The van der Waals surface area contributed by atoms with E-state index >= 15 is 0 Å². The minimum atomic E-state index is -4.08. The maximum Gasteiger partial charge on any atom is 0.271 e.